The van der Waals surface area contributed by atoms with E-state index in [2.05, 4.69) is 14.1 Å². The van der Waals surface area contributed by atoms with Crippen molar-refractivity contribution < 1.29 is 23.9 Å². The Labute approximate surface area is 185 Å². The first-order chi connectivity index (χ1) is 14.2. The van der Waals surface area contributed by atoms with E-state index in [-0.39, 0.29) is 18.3 Å². The number of piperidine rings is 1. The van der Waals surface area contributed by atoms with Gasteiger partial charge in [0.25, 0.3) is 0 Å². The highest BCUT2D eigenvalue weighted by Gasteiger charge is 2.70. The molecule has 0 amide bonds. The molecular formula is C23H24Cl2NO4+. The minimum absolute atomic E-state index is 0.249. The van der Waals surface area contributed by atoms with E-state index in [0.29, 0.717) is 33.3 Å². The molecule has 3 unspecified atom stereocenters. The number of ether oxygens (including phenoxy) is 2. The molecular weight excluding hydrogens is 425 g/mol. The van der Waals surface area contributed by atoms with E-state index in [0.717, 1.165) is 17.3 Å². The first-order valence-electron chi connectivity index (χ1n) is 10.2. The van der Waals surface area contributed by atoms with Crippen molar-refractivity contribution in [3.8, 4) is 0 Å². The lowest BCUT2D eigenvalue weighted by atomic mass is 9.86. The average Bonchev–Trinajstić information content (AvgIpc) is 3.47. The monoisotopic (exact) mass is 448 g/mol. The van der Waals surface area contributed by atoms with E-state index in [1.54, 1.807) is 48.5 Å². The third-order valence-electron chi connectivity index (χ3n) is 7.13. The summed E-state index contributed by atoms with van der Waals surface area (Å²) >= 11 is 12.0. The maximum absolute atomic E-state index is 13.4. The molecule has 3 aliphatic heterocycles. The van der Waals surface area contributed by atoms with Gasteiger partial charge in [-0.2, -0.15) is 0 Å². The largest absolute Gasteiger partial charge is 0.459 e. The highest BCUT2D eigenvalue weighted by molar-refractivity contribution is 6.30. The minimum Gasteiger partial charge on any atom is -0.459 e. The normalized spacial score (nSPS) is 31.2. The molecule has 2 aromatic rings. The predicted octanol–water partition coefficient (Wildman–Crippen LogP) is 3.53. The molecule has 158 valence electrons. The number of epoxide rings is 1. The van der Waals surface area contributed by atoms with Crippen LogP contribution in [0.4, 0.5) is 0 Å². The number of carbonyl (C=O) groups is 1. The summed E-state index contributed by atoms with van der Waals surface area (Å²) < 4.78 is 12.7. The molecule has 2 aromatic carbocycles. The summed E-state index contributed by atoms with van der Waals surface area (Å²) in [7, 11) is 4.45. The topological polar surface area (TPSA) is 59.1 Å². The van der Waals surface area contributed by atoms with Crippen molar-refractivity contribution in [1.82, 2.24) is 0 Å². The van der Waals surface area contributed by atoms with Crippen LogP contribution < -0.4 is 0 Å². The van der Waals surface area contributed by atoms with Crippen LogP contribution in [0.5, 0.6) is 0 Å². The van der Waals surface area contributed by atoms with E-state index < -0.39 is 11.6 Å². The summed E-state index contributed by atoms with van der Waals surface area (Å²) in [6, 6.07) is 13.8. The van der Waals surface area contributed by atoms with Crippen LogP contribution in [0.1, 0.15) is 24.0 Å². The van der Waals surface area contributed by atoms with Gasteiger partial charge >= 0.3 is 5.97 Å². The quantitative estimate of drug-likeness (QED) is 0.441. The first-order valence-corrected chi connectivity index (χ1v) is 10.9. The summed E-state index contributed by atoms with van der Waals surface area (Å²) in [5, 5.41) is 12.7. The number of carbonyl (C=O) groups excluding carboxylic acids is 1. The molecule has 3 saturated heterocycles. The summed E-state index contributed by atoms with van der Waals surface area (Å²) in [5.74, 6) is -0.682. The number of benzene rings is 2. The summed E-state index contributed by atoms with van der Waals surface area (Å²) in [4.78, 5) is 13.4. The number of likely N-dealkylation sites (N-methyl/N-ethyl adjacent to an activating group) is 1. The van der Waals surface area contributed by atoms with E-state index in [1.165, 1.54) is 0 Å². The number of hydrogen-bond acceptors (Lipinski definition) is 4. The Kier molecular flexibility index (Phi) is 4.69. The fraction of sp³-hybridized carbons (Fsp3) is 0.435. The van der Waals surface area contributed by atoms with Crippen LogP contribution in [-0.2, 0) is 19.9 Å². The number of esters is 1. The molecule has 0 aromatic heterocycles. The summed E-state index contributed by atoms with van der Waals surface area (Å²) in [6.45, 7) is 0. The number of halogens is 2. The highest BCUT2D eigenvalue weighted by Crippen LogP contribution is 2.52. The second-order valence-electron chi connectivity index (χ2n) is 9.05. The average molecular weight is 449 g/mol. The van der Waals surface area contributed by atoms with Crippen LogP contribution in [0, 0.1) is 0 Å². The zero-order valence-corrected chi connectivity index (χ0v) is 18.3. The number of morpholine rings is 1. The van der Waals surface area contributed by atoms with Crippen molar-refractivity contribution in [3.63, 3.8) is 0 Å². The SMILES string of the molecule is C[N+]1(C)C2CC(OC(=O)C(O)(c3ccc(Cl)cc3)c3ccc(Cl)cc3)C[C@H]1[C@H]1OC21. The van der Waals surface area contributed by atoms with Gasteiger partial charge in [-0.25, -0.2) is 4.79 Å². The van der Waals surface area contributed by atoms with Gasteiger partial charge in [0.1, 0.15) is 30.4 Å². The van der Waals surface area contributed by atoms with Crippen molar-refractivity contribution in [2.45, 2.75) is 48.8 Å². The van der Waals surface area contributed by atoms with Crippen molar-refractivity contribution >= 4 is 29.2 Å². The van der Waals surface area contributed by atoms with Crippen LogP contribution in [-0.4, -0.2) is 60.0 Å². The summed E-state index contributed by atoms with van der Waals surface area (Å²) in [6.07, 6.45) is 1.74. The third-order valence-corrected chi connectivity index (χ3v) is 7.64. The van der Waals surface area contributed by atoms with Crippen LogP contribution in [0.3, 0.4) is 0 Å². The van der Waals surface area contributed by atoms with Crippen molar-refractivity contribution in [3.05, 3.63) is 69.7 Å². The zero-order chi connectivity index (χ0) is 21.3. The van der Waals surface area contributed by atoms with Crippen LogP contribution >= 0.6 is 23.2 Å². The first kappa shape index (κ1) is 20.3. The number of aliphatic hydroxyl groups is 1. The molecule has 30 heavy (non-hydrogen) atoms. The Morgan fingerprint density at radius 3 is 1.83 bits per heavy atom. The van der Waals surface area contributed by atoms with Crippen molar-refractivity contribution in [2.24, 2.45) is 0 Å². The molecule has 3 aliphatic rings. The lowest BCUT2D eigenvalue weighted by Gasteiger charge is -2.45. The standard InChI is InChI=1S/C23H24Cl2NO4/c1-26(2)18-11-17(12-19(26)21-20(18)30-21)29-22(27)23(28,13-3-7-15(24)8-4-13)14-5-9-16(25)10-6-14/h3-10,17-21,28H,11-12H2,1-2H3/q+1/t17?,18-,19?,20+,21?/m0/s1. The molecule has 5 nitrogen and oxygen atoms in total. The number of quaternary nitrogens is 1. The zero-order valence-electron chi connectivity index (χ0n) is 16.8. The number of rotatable bonds is 4. The maximum atomic E-state index is 13.4. The molecule has 7 heteroatoms. The van der Waals surface area contributed by atoms with Crippen molar-refractivity contribution in [1.29, 1.82) is 0 Å². The van der Waals surface area contributed by atoms with E-state index >= 15 is 0 Å². The number of nitrogens with zero attached hydrogens (tertiary/aromatic N) is 1. The molecule has 3 heterocycles. The van der Waals surface area contributed by atoms with Crippen molar-refractivity contribution in [2.75, 3.05) is 14.1 Å². The van der Waals surface area contributed by atoms with E-state index in [9.17, 15) is 9.90 Å². The Morgan fingerprint density at radius 1 is 0.967 bits per heavy atom. The smallest absolute Gasteiger partial charge is 0.347 e. The van der Waals surface area contributed by atoms with Gasteiger partial charge < -0.3 is 19.1 Å². The number of hydrogen-bond donors (Lipinski definition) is 1. The van der Waals surface area contributed by atoms with Gasteiger partial charge in [-0.15, -0.1) is 0 Å². The molecule has 3 fully saturated rings. The molecule has 0 radical (unpaired) electrons. The van der Waals surface area contributed by atoms with Crippen LogP contribution in [0.2, 0.25) is 10.0 Å². The van der Waals surface area contributed by atoms with Gasteiger partial charge in [0.05, 0.1) is 14.1 Å². The minimum atomic E-state index is -1.95. The second-order valence-corrected chi connectivity index (χ2v) is 9.92. The maximum Gasteiger partial charge on any atom is 0.347 e. The Morgan fingerprint density at radius 2 is 1.40 bits per heavy atom. The molecule has 2 bridgehead atoms. The van der Waals surface area contributed by atoms with Gasteiger partial charge in [-0.1, -0.05) is 47.5 Å². The Balaban J connectivity index is 1.44. The Bertz CT molecular complexity index is 910. The number of fused-ring (bicyclic) bond motifs is 5. The van der Waals surface area contributed by atoms with Crippen LogP contribution in [0.15, 0.2) is 48.5 Å². The third kappa shape index (κ3) is 3.07. The Hall–Kier alpha value is -1.63. The van der Waals surface area contributed by atoms with Gasteiger partial charge in [-0.05, 0) is 35.4 Å². The molecule has 0 spiro atoms. The molecule has 5 rings (SSSR count). The highest BCUT2D eigenvalue weighted by atomic mass is 35.5. The van der Waals surface area contributed by atoms with Gasteiger partial charge in [-0.3, -0.25) is 0 Å². The van der Waals surface area contributed by atoms with Gasteiger partial charge in [0, 0.05) is 22.9 Å². The molecule has 1 N–H and O–H groups in total. The lowest BCUT2D eigenvalue weighted by Crippen LogP contribution is -2.60. The predicted molar refractivity (Wildman–Crippen MR) is 113 cm³/mol. The fourth-order valence-corrected chi connectivity index (χ4v) is 5.57. The lowest BCUT2D eigenvalue weighted by molar-refractivity contribution is -0.938. The molecule has 5 atom stereocenters. The van der Waals surface area contributed by atoms with E-state index in [1.807, 2.05) is 0 Å². The van der Waals surface area contributed by atoms with E-state index in [4.69, 9.17) is 32.7 Å². The molecule has 0 aliphatic carbocycles. The fourth-order valence-electron chi connectivity index (χ4n) is 5.32. The van der Waals surface area contributed by atoms with Gasteiger partial charge in [0.15, 0.2) is 0 Å². The summed E-state index contributed by atoms with van der Waals surface area (Å²) in [5.41, 5.74) is -1.14. The van der Waals surface area contributed by atoms with Crippen LogP contribution in [0.25, 0.3) is 0 Å². The van der Waals surface area contributed by atoms with Gasteiger partial charge in [0.2, 0.25) is 5.60 Å². The second kappa shape index (κ2) is 6.94. The molecule has 0 saturated carbocycles.